The van der Waals surface area contributed by atoms with Gasteiger partial charge in [0.25, 0.3) is 0 Å². The minimum absolute atomic E-state index is 0.116. The molecule has 0 bridgehead atoms. The molecule has 2 unspecified atom stereocenters. The van der Waals surface area contributed by atoms with Gasteiger partial charge in [-0.1, -0.05) is 18.6 Å². The lowest BCUT2D eigenvalue weighted by Gasteiger charge is -2.32. The first-order valence-electron chi connectivity index (χ1n) is 6.99. The van der Waals surface area contributed by atoms with E-state index in [0.717, 1.165) is 0 Å². The van der Waals surface area contributed by atoms with Gasteiger partial charge >= 0.3 is 6.18 Å². The van der Waals surface area contributed by atoms with Crippen molar-refractivity contribution >= 4 is 17.3 Å². The molecule has 0 aliphatic heterocycles. The smallest absolute Gasteiger partial charge is 0.391 e. The fourth-order valence-electron chi connectivity index (χ4n) is 2.90. The second-order valence-electron chi connectivity index (χ2n) is 5.56. The molecule has 2 rings (SSSR count). The third-order valence-electron chi connectivity index (χ3n) is 4.12. The van der Waals surface area contributed by atoms with E-state index in [2.05, 4.69) is 0 Å². The van der Waals surface area contributed by atoms with Crippen molar-refractivity contribution in [3.8, 4) is 0 Å². The largest absolute Gasteiger partial charge is 0.397 e. The summed E-state index contributed by atoms with van der Waals surface area (Å²) in [6.45, 7) is 0. The summed E-state index contributed by atoms with van der Waals surface area (Å²) >= 11 is 0. The predicted octanol–water partition coefficient (Wildman–Crippen LogP) is 3.60. The van der Waals surface area contributed by atoms with Crippen molar-refractivity contribution in [2.75, 3.05) is 17.7 Å². The van der Waals surface area contributed by atoms with E-state index in [-0.39, 0.29) is 18.7 Å². The molecule has 21 heavy (non-hydrogen) atoms. The second kappa shape index (κ2) is 5.95. The minimum atomic E-state index is -4.22. The van der Waals surface area contributed by atoms with E-state index in [1.807, 2.05) is 0 Å². The molecule has 3 nitrogen and oxygen atoms in total. The lowest BCUT2D eigenvalue weighted by molar-refractivity contribution is -0.186. The van der Waals surface area contributed by atoms with Gasteiger partial charge in [0.1, 0.15) is 0 Å². The molecule has 1 saturated carbocycles. The lowest BCUT2D eigenvalue weighted by atomic mass is 9.80. The summed E-state index contributed by atoms with van der Waals surface area (Å²) in [5.74, 6) is -2.25. The van der Waals surface area contributed by atoms with Gasteiger partial charge in [-0.05, 0) is 31.4 Å². The first-order chi connectivity index (χ1) is 9.80. The van der Waals surface area contributed by atoms with Gasteiger partial charge in [0, 0.05) is 13.0 Å². The maximum atomic E-state index is 12.8. The third kappa shape index (κ3) is 3.49. The zero-order valence-electron chi connectivity index (χ0n) is 11.9. The van der Waals surface area contributed by atoms with Crippen molar-refractivity contribution in [3.63, 3.8) is 0 Å². The highest BCUT2D eigenvalue weighted by Gasteiger charge is 2.44. The van der Waals surface area contributed by atoms with Crippen LogP contribution in [0.3, 0.4) is 0 Å². The Labute approximate surface area is 121 Å². The van der Waals surface area contributed by atoms with Gasteiger partial charge in [0.15, 0.2) is 0 Å². The number of rotatable bonds is 2. The molecule has 2 N–H and O–H groups in total. The number of hydrogen-bond acceptors (Lipinski definition) is 2. The molecule has 1 fully saturated rings. The van der Waals surface area contributed by atoms with Crippen molar-refractivity contribution in [1.82, 2.24) is 0 Å². The summed E-state index contributed by atoms with van der Waals surface area (Å²) in [7, 11) is 1.56. The fraction of sp³-hybridized carbons (Fsp3) is 0.533. The lowest BCUT2D eigenvalue weighted by Crippen LogP contribution is -2.38. The molecule has 0 heterocycles. The standard InChI is InChI=1S/C15H19F3N2O/c1-20(13-8-3-2-7-12(13)19)14(21)10-5-4-6-11(9-10)15(16,17)18/h2-3,7-8,10-11H,4-6,9,19H2,1H3. The molecule has 0 aromatic heterocycles. The van der Waals surface area contributed by atoms with Crippen LogP contribution in [-0.2, 0) is 4.79 Å². The Morgan fingerprint density at radius 1 is 1.29 bits per heavy atom. The average molecular weight is 300 g/mol. The molecular formula is C15H19F3N2O. The van der Waals surface area contributed by atoms with Crippen LogP contribution in [-0.4, -0.2) is 19.1 Å². The first-order valence-corrected chi connectivity index (χ1v) is 6.99. The first kappa shape index (κ1) is 15.7. The number of para-hydroxylation sites is 2. The molecule has 1 aliphatic carbocycles. The normalized spacial score (nSPS) is 22.9. The predicted molar refractivity (Wildman–Crippen MR) is 75.8 cm³/mol. The van der Waals surface area contributed by atoms with E-state index in [1.54, 1.807) is 31.3 Å². The van der Waals surface area contributed by atoms with E-state index in [0.29, 0.717) is 24.2 Å². The van der Waals surface area contributed by atoms with Gasteiger partial charge in [-0.2, -0.15) is 13.2 Å². The zero-order valence-corrected chi connectivity index (χ0v) is 11.9. The molecule has 0 radical (unpaired) electrons. The number of nitrogens with two attached hydrogens (primary N) is 1. The molecule has 1 aromatic rings. The van der Waals surface area contributed by atoms with Gasteiger partial charge in [-0.15, -0.1) is 0 Å². The van der Waals surface area contributed by atoms with E-state index in [9.17, 15) is 18.0 Å². The van der Waals surface area contributed by atoms with E-state index < -0.39 is 18.0 Å². The van der Waals surface area contributed by atoms with Crippen molar-refractivity contribution in [1.29, 1.82) is 0 Å². The van der Waals surface area contributed by atoms with E-state index >= 15 is 0 Å². The highest BCUT2D eigenvalue weighted by molar-refractivity contribution is 5.97. The Morgan fingerprint density at radius 3 is 2.57 bits per heavy atom. The average Bonchev–Trinajstić information content (AvgIpc) is 2.45. The summed E-state index contributed by atoms with van der Waals surface area (Å²) in [4.78, 5) is 13.8. The Morgan fingerprint density at radius 2 is 1.95 bits per heavy atom. The van der Waals surface area contributed by atoms with Gasteiger partial charge in [-0.25, -0.2) is 0 Å². The van der Waals surface area contributed by atoms with Gasteiger partial charge in [-0.3, -0.25) is 4.79 Å². The summed E-state index contributed by atoms with van der Waals surface area (Å²) in [6, 6.07) is 6.85. The highest BCUT2D eigenvalue weighted by atomic mass is 19.4. The molecule has 1 aliphatic rings. The van der Waals surface area contributed by atoms with Crippen LogP contribution in [0.5, 0.6) is 0 Å². The molecule has 1 aromatic carbocycles. The Bertz CT molecular complexity index is 516. The third-order valence-corrected chi connectivity index (χ3v) is 4.12. The number of carbonyl (C=O) groups is 1. The Kier molecular flexibility index (Phi) is 4.44. The molecular weight excluding hydrogens is 281 g/mol. The van der Waals surface area contributed by atoms with Crippen molar-refractivity contribution < 1.29 is 18.0 Å². The van der Waals surface area contributed by atoms with Crippen LogP contribution in [0.4, 0.5) is 24.5 Å². The highest BCUT2D eigenvalue weighted by Crippen LogP contribution is 2.40. The van der Waals surface area contributed by atoms with Crippen LogP contribution >= 0.6 is 0 Å². The van der Waals surface area contributed by atoms with Gasteiger partial charge < -0.3 is 10.6 Å². The number of nitrogen functional groups attached to an aromatic ring is 1. The Balaban J connectivity index is 2.11. The van der Waals surface area contributed by atoms with Crippen LogP contribution in [0.25, 0.3) is 0 Å². The number of nitrogens with zero attached hydrogens (tertiary/aromatic N) is 1. The van der Waals surface area contributed by atoms with Crippen LogP contribution in [0.1, 0.15) is 25.7 Å². The molecule has 0 saturated heterocycles. The topological polar surface area (TPSA) is 46.3 Å². The van der Waals surface area contributed by atoms with Crippen molar-refractivity contribution in [2.24, 2.45) is 11.8 Å². The number of carbonyl (C=O) groups excluding carboxylic acids is 1. The van der Waals surface area contributed by atoms with Crippen LogP contribution in [0.2, 0.25) is 0 Å². The maximum Gasteiger partial charge on any atom is 0.391 e. The molecule has 0 spiro atoms. The summed E-state index contributed by atoms with van der Waals surface area (Å²) < 4.78 is 38.5. The summed E-state index contributed by atoms with van der Waals surface area (Å²) in [6.07, 6.45) is -3.30. The van der Waals surface area contributed by atoms with Crippen LogP contribution in [0, 0.1) is 11.8 Å². The number of halogens is 3. The Hall–Kier alpha value is -1.72. The number of anilines is 2. The zero-order chi connectivity index (χ0) is 15.6. The van der Waals surface area contributed by atoms with Crippen LogP contribution < -0.4 is 10.6 Å². The minimum Gasteiger partial charge on any atom is -0.397 e. The molecule has 116 valence electrons. The van der Waals surface area contributed by atoms with E-state index in [1.165, 1.54) is 4.90 Å². The van der Waals surface area contributed by atoms with Gasteiger partial charge in [0.2, 0.25) is 5.91 Å². The molecule has 1 amide bonds. The fourth-order valence-corrected chi connectivity index (χ4v) is 2.90. The quantitative estimate of drug-likeness (QED) is 0.848. The second-order valence-corrected chi connectivity index (χ2v) is 5.56. The van der Waals surface area contributed by atoms with Crippen molar-refractivity contribution in [3.05, 3.63) is 24.3 Å². The number of benzene rings is 1. The van der Waals surface area contributed by atoms with Crippen molar-refractivity contribution in [2.45, 2.75) is 31.9 Å². The van der Waals surface area contributed by atoms with E-state index in [4.69, 9.17) is 5.73 Å². The SMILES string of the molecule is CN(C(=O)C1CCCC(C(F)(F)F)C1)c1ccccc1N. The number of amides is 1. The monoisotopic (exact) mass is 300 g/mol. The summed E-state index contributed by atoms with van der Waals surface area (Å²) in [5.41, 5.74) is 6.79. The number of hydrogen-bond donors (Lipinski definition) is 1. The maximum absolute atomic E-state index is 12.8. The summed E-state index contributed by atoms with van der Waals surface area (Å²) in [5, 5.41) is 0. The molecule has 2 atom stereocenters. The number of alkyl halides is 3. The van der Waals surface area contributed by atoms with Gasteiger partial charge in [0.05, 0.1) is 17.3 Å². The molecule has 6 heteroatoms. The van der Waals surface area contributed by atoms with Crippen LogP contribution in [0.15, 0.2) is 24.3 Å².